The van der Waals surface area contributed by atoms with E-state index in [-0.39, 0.29) is 12.6 Å². The first-order chi connectivity index (χ1) is 8.04. The summed E-state index contributed by atoms with van der Waals surface area (Å²) in [6.07, 6.45) is 0. The second-order valence-electron chi connectivity index (χ2n) is 4.48. The molecule has 0 aliphatic rings. The average molecular weight is 236 g/mol. The third kappa shape index (κ3) is 4.17. The first-order valence-corrected chi connectivity index (χ1v) is 5.77. The lowest BCUT2D eigenvalue weighted by Gasteiger charge is -2.19. The summed E-state index contributed by atoms with van der Waals surface area (Å²) in [7, 11) is 0. The molecule has 0 saturated carbocycles. The summed E-state index contributed by atoms with van der Waals surface area (Å²) < 4.78 is 0. The Hall–Kier alpha value is -1.39. The van der Waals surface area contributed by atoms with E-state index < -0.39 is 5.91 Å². The zero-order chi connectivity index (χ0) is 12.8. The van der Waals surface area contributed by atoms with Crippen molar-refractivity contribution in [2.24, 2.45) is 11.7 Å². The normalized spacial score (nSPS) is 12.7. The Balaban J connectivity index is 2.55. The first-order valence-electron chi connectivity index (χ1n) is 5.77. The standard InChI is InChI=1S/C13H20N2O2/c1-9(2)12(8-16)15-7-10-3-5-11(6-4-10)13(14)17/h3-6,9,12,15-16H,7-8H2,1-2H3,(H2,14,17)/t12-/m1/s1. The summed E-state index contributed by atoms with van der Waals surface area (Å²) in [5, 5.41) is 12.4. The van der Waals surface area contributed by atoms with E-state index in [9.17, 15) is 4.79 Å². The largest absolute Gasteiger partial charge is 0.395 e. The van der Waals surface area contributed by atoms with Crippen LogP contribution >= 0.6 is 0 Å². The highest BCUT2D eigenvalue weighted by molar-refractivity contribution is 5.92. The summed E-state index contributed by atoms with van der Waals surface area (Å²) in [4.78, 5) is 10.9. The number of benzene rings is 1. The number of amides is 1. The molecule has 0 bridgehead atoms. The molecule has 0 aliphatic heterocycles. The van der Waals surface area contributed by atoms with Gasteiger partial charge in [0.15, 0.2) is 0 Å². The molecule has 0 unspecified atom stereocenters. The molecule has 4 nitrogen and oxygen atoms in total. The van der Waals surface area contributed by atoms with Crippen molar-refractivity contribution in [3.05, 3.63) is 35.4 Å². The van der Waals surface area contributed by atoms with Crippen molar-refractivity contribution in [1.82, 2.24) is 5.32 Å². The van der Waals surface area contributed by atoms with Crippen LogP contribution in [0.15, 0.2) is 24.3 Å². The maximum Gasteiger partial charge on any atom is 0.248 e. The molecule has 1 amide bonds. The molecule has 17 heavy (non-hydrogen) atoms. The number of nitrogens with one attached hydrogen (secondary N) is 1. The van der Waals surface area contributed by atoms with Gasteiger partial charge in [0.25, 0.3) is 0 Å². The van der Waals surface area contributed by atoms with E-state index in [1.54, 1.807) is 12.1 Å². The van der Waals surface area contributed by atoms with Crippen LogP contribution in [0.1, 0.15) is 29.8 Å². The Labute approximate surface area is 102 Å². The van der Waals surface area contributed by atoms with Gasteiger partial charge in [0, 0.05) is 18.2 Å². The van der Waals surface area contributed by atoms with Crippen molar-refractivity contribution in [2.75, 3.05) is 6.61 Å². The Morgan fingerprint density at radius 1 is 1.35 bits per heavy atom. The third-order valence-corrected chi connectivity index (χ3v) is 2.81. The second-order valence-corrected chi connectivity index (χ2v) is 4.48. The van der Waals surface area contributed by atoms with Crippen LogP contribution in [0.3, 0.4) is 0 Å². The lowest BCUT2D eigenvalue weighted by Crippen LogP contribution is -2.36. The van der Waals surface area contributed by atoms with Crippen molar-refractivity contribution in [1.29, 1.82) is 0 Å². The van der Waals surface area contributed by atoms with Crippen LogP contribution in [0.4, 0.5) is 0 Å². The lowest BCUT2D eigenvalue weighted by atomic mass is 10.0. The van der Waals surface area contributed by atoms with Crippen molar-refractivity contribution in [3.8, 4) is 0 Å². The van der Waals surface area contributed by atoms with Crippen molar-refractivity contribution in [3.63, 3.8) is 0 Å². The highest BCUT2D eigenvalue weighted by Crippen LogP contribution is 2.06. The van der Waals surface area contributed by atoms with Crippen LogP contribution in [0.5, 0.6) is 0 Å². The molecule has 4 heteroatoms. The van der Waals surface area contributed by atoms with E-state index in [0.29, 0.717) is 18.0 Å². The Kier molecular flexibility index (Phi) is 5.12. The minimum Gasteiger partial charge on any atom is -0.395 e. The van der Waals surface area contributed by atoms with Crippen LogP contribution in [-0.4, -0.2) is 23.7 Å². The van der Waals surface area contributed by atoms with Gasteiger partial charge in [-0.05, 0) is 23.6 Å². The summed E-state index contributed by atoms with van der Waals surface area (Å²) in [6.45, 7) is 4.91. The maximum atomic E-state index is 10.9. The smallest absolute Gasteiger partial charge is 0.248 e. The molecule has 0 fully saturated rings. The molecule has 0 saturated heterocycles. The van der Waals surface area contributed by atoms with Gasteiger partial charge >= 0.3 is 0 Å². The van der Waals surface area contributed by atoms with Crippen molar-refractivity contribution < 1.29 is 9.90 Å². The van der Waals surface area contributed by atoms with Gasteiger partial charge in [0.1, 0.15) is 0 Å². The van der Waals surface area contributed by atoms with Crippen LogP contribution in [-0.2, 0) is 6.54 Å². The number of carbonyl (C=O) groups excluding carboxylic acids is 1. The number of hydrogen-bond donors (Lipinski definition) is 3. The number of aliphatic hydroxyl groups is 1. The van der Waals surface area contributed by atoms with Crippen LogP contribution in [0, 0.1) is 5.92 Å². The molecule has 0 spiro atoms. The molecule has 1 aromatic rings. The highest BCUT2D eigenvalue weighted by Gasteiger charge is 2.10. The summed E-state index contributed by atoms with van der Waals surface area (Å²) >= 11 is 0. The van der Waals surface area contributed by atoms with Gasteiger partial charge < -0.3 is 16.2 Å². The Morgan fingerprint density at radius 3 is 2.35 bits per heavy atom. The number of aliphatic hydroxyl groups excluding tert-OH is 1. The van der Waals surface area contributed by atoms with E-state index in [4.69, 9.17) is 10.8 Å². The third-order valence-electron chi connectivity index (χ3n) is 2.81. The van der Waals surface area contributed by atoms with E-state index >= 15 is 0 Å². The van der Waals surface area contributed by atoms with Gasteiger partial charge in [0.2, 0.25) is 5.91 Å². The van der Waals surface area contributed by atoms with Gasteiger partial charge in [-0.2, -0.15) is 0 Å². The monoisotopic (exact) mass is 236 g/mol. The number of rotatable bonds is 6. The van der Waals surface area contributed by atoms with Crippen LogP contribution in [0.25, 0.3) is 0 Å². The van der Waals surface area contributed by atoms with Crippen LogP contribution in [0.2, 0.25) is 0 Å². The molecular formula is C13H20N2O2. The van der Waals surface area contributed by atoms with Crippen molar-refractivity contribution in [2.45, 2.75) is 26.4 Å². The number of hydrogen-bond acceptors (Lipinski definition) is 3. The Bertz CT molecular complexity index is 360. The second kappa shape index (κ2) is 6.37. The SMILES string of the molecule is CC(C)[C@@H](CO)NCc1ccc(C(N)=O)cc1. The molecule has 1 rings (SSSR count). The van der Waals surface area contributed by atoms with Gasteiger partial charge in [-0.15, -0.1) is 0 Å². The van der Waals surface area contributed by atoms with Crippen molar-refractivity contribution >= 4 is 5.91 Å². The molecule has 0 radical (unpaired) electrons. The zero-order valence-electron chi connectivity index (χ0n) is 10.3. The molecule has 0 heterocycles. The molecule has 0 aromatic heterocycles. The fourth-order valence-corrected chi connectivity index (χ4v) is 1.55. The van der Waals surface area contributed by atoms with Gasteiger partial charge in [0.05, 0.1) is 6.61 Å². The quantitative estimate of drug-likeness (QED) is 0.686. The average Bonchev–Trinajstić information content (AvgIpc) is 2.30. The molecule has 1 aromatic carbocycles. The van der Waals surface area contributed by atoms with E-state index in [0.717, 1.165) is 5.56 Å². The number of nitrogens with two attached hydrogens (primary N) is 1. The van der Waals surface area contributed by atoms with E-state index in [2.05, 4.69) is 19.2 Å². The summed E-state index contributed by atoms with van der Waals surface area (Å²) in [6, 6.07) is 7.24. The van der Waals surface area contributed by atoms with Gasteiger partial charge in [-0.25, -0.2) is 0 Å². The zero-order valence-corrected chi connectivity index (χ0v) is 10.3. The summed E-state index contributed by atoms with van der Waals surface area (Å²) in [5.41, 5.74) is 6.73. The molecular weight excluding hydrogens is 216 g/mol. The predicted molar refractivity (Wildman–Crippen MR) is 67.5 cm³/mol. The fourth-order valence-electron chi connectivity index (χ4n) is 1.55. The lowest BCUT2D eigenvalue weighted by molar-refractivity contribution is 0.100. The highest BCUT2D eigenvalue weighted by atomic mass is 16.3. The number of carbonyl (C=O) groups is 1. The van der Waals surface area contributed by atoms with Gasteiger partial charge in [-0.3, -0.25) is 4.79 Å². The minimum absolute atomic E-state index is 0.0887. The predicted octanol–water partition coefficient (Wildman–Crippen LogP) is 0.892. The Morgan fingerprint density at radius 2 is 1.94 bits per heavy atom. The number of primary amides is 1. The van der Waals surface area contributed by atoms with E-state index in [1.165, 1.54) is 0 Å². The minimum atomic E-state index is -0.417. The fraction of sp³-hybridized carbons (Fsp3) is 0.462. The molecule has 4 N–H and O–H groups in total. The van der Waals surface area contributed by atoms with Gasteiger partial charge in [-0.1, -0.05) is 26.0 Å². The van der Waals surface area contributed by atoms with E-state index in [1.807, 2.05) is 12.1 Å². The maximum absolute atomic E-state index is 10.9. The molecule has 1 atom stereocenters. The first kappa shape index (κ1) is 13.7. The molecule has 0 aliphatic carbocycles. The van der Waals surface area contributed by atoms with Crippen LogP contribution < -0.4 is 11.1 Å². The summed E-state index contributed by atoms with van der Waals surface area (Å²) in [5.74, 6) is -0.0372. The topological polar surface area (TPSA) is 75.3 Å². The molecule has 94 valence electrons.